The summed E-state index contributed by atoms with van der Waals surface area (Å²) >= 11 is 0. The van der Waals surface area contributed by atoms with Gasteiger partial charge in [-0.2, -0.15) is 0 Å². The van der Waals surface area contributed by atoms with Crippen molar-refractivity contribution in [3.8, 4) is 0 Å². The Morgan fingerprint density at radius 3 is 3.00 bits per heavy atom. The van der Waals surface area contributed by atoms with Crippen molar-refractivity contribution in [2.75, 3.05) is 0 Å². The van der Waals surface area contributed by atoms with Gasteiger partial charge in [0.25, 0.3) is 0 Å². The third-order valence-corrected chi connectivity index (χ3v) is 2.79. The molecule has 0 aromatic carbocycles. The molecule has 4 nitrogen and oxygen atoms in total. The van der Waals surface area contributed by atoms with E-state index in [0.717, 1.165) is 0 Å². The number of nitrogens with zero attached hydrogens (tertiary/aromatic N) is 1. The Labute approximate surface area is 76.4 Å². The topological polar surface area (TPSA) is 67.3 Å². The highest BCUT2D eigenvalue weighted by atomic mass is 32.2. The number of carboxylic acids is 1. The molecule has 0 fully saturated rings. The van der Waals surface area contributed by atoms with Gasteiger partial charge in [-0.15, -0.1) is 0 Å². The molecule has 13 heavy (non-hydrogen) atoms. The van der Waals surface area contributed by atoms with E-state index in [1.165, 1.54) is 17.7 Å². The molecule has 5 heteroatoms. The Bertz CT molecular complexity index is 439. The summed E-state index contributed by atoms with van der Waals surface area (Å²) in [7, 11) is -1.20. The molecule has 0 bridgehead atoms. The zero-order valence-corrected chi connectivity index (χ0v) is 7.25. The van der Waals surface area contributed by atoms with Crippen LogP contribution in [0.2, 0.25) is 0 Å². The second kappa shape index (κ2) is 2.77. The monoisotopic (exact) mass is 195 g/mol. The molecule has 2 rings (SSSR count). The molecule has 1 aromatic rings. The van der Waals surface area contributed by atoms with Gasteiger partial charge in [0.2, 0.25) is 0 Å². The molecule has 1 N–H and O–H groups in total. The number of fused-ring (bicyclic) bond motifs is 1. The van der Waals surface area contributed by atoms with Crippen molar-refractivity contribution in [2.24, 2.45) is 0 Å². The summed E-state index contributed by atoms with van der Waals surface area (Å²) in [6, 6.07) is 1.46. The summed E-state index contributed by atoms with van der Waals surface area (Å²) in [5, 5.41) is 10.6. The second-order valence-electron chi connectivity index (χ2n) is 2.52. The van der Waals surface area contributed by atoms with Gasteiger partial charge in [-0.05, 0) is 12.1 Å². The first-order valence-corrected chi connectivity index (χ1v) is 4.72. The van der Waals surface area contributed by atoms with Crippen molar-refractivity contribution in [1.82, 2.24) is 4.98 Å². The summed E-state index contributed by atoms with van der Waals surface area (Å²) in [4.78, 5) is 14.4. The molecule has 0 aliphatic carbocycles. The van der Waals surface area contributed by atoms with Crippen LogP contribution < -0.4 is 0 Å². The average molecular weight is 195 g/mol. The van der Waals surface area contributed by atoms with E-state index in [2.05, 4.69) is 4.98 Å². The lowest BCUT2D eigenvalue weighted by Crippen LogP contribution is -1.99. The fourth-order valence-corrected chi connectivity index (χ4v) is 1.99. The van der Waals surface area contributed by atoms with Crippen molar-refractivity contribution < 1.29 is 14.1 Å². The van der Waals surface area contributed by atoms with Crippen LogP contribution >= 0.6 is 0 Å². The van der Waals surface area contributed by atoms with E-state index in [1.54, 1.807) is 6.08 Å². The highest BCUT2D eigenvalue weighted by Crippen LogP contribution is 2.21. The van der Waals surface area contributed by atoms with Crippen LogP contribution in [0.3, 0.4) is 0 Å². The van der Waals surface area contributed by atoms with Crippen LogP contribution in [0.15, 0.2) is 22.7 Å². The van der Waals surface area contributed by atoms with Crippen LogP contribution in [-0.4, -0.2) is 20.3 Å². The Morgan fingerprint density at radius 2 is 2.31 bits per heavy atom. The van der Waals surface area contributed by atoms with E-state index in [-0.39, 0.29) is 5.56 Å². The van der Waals surface area contributed by atoms with Gasteiger partial charge < -0.3 is 5.11 Å². The largest absolute Gasteiger partial charge is 0.478 e. The maximum Gasteiger partial charge on any atom is 0.337 e. The van der Waals surface area contributed by atoms with Crippen molar-refractivity contribution in [1.29, 1.82) is 0 Å². The Morgan fingerprint density at radius 1 is 1.54 bits per heavy atom. The zero-order chi connectivity index (χ0) is 9.42. The minimum absolute atomic E-state index is 0.113. The predicted octanol–water partition coefficient (Wildman–Crippen LogP) is 0.872. The number of aromatic nitrogens is 1. The molecule has 2 heterocycles. The smallest absolute Gasteiger partial charge is 0.337 e. The Kier molecular flexibility index (Phi) is 1.73. The molecule has 66 valence electrons. The second-order valence-corrected chi connectivity index (χ2v) is 3.78. The fraction of sp³-hybridized carbons (Fsp3) is 0. The SMILES string of the molecule is O=C(O)c1cnc2c(c1)C=CS2=O. The van der Waals surface area contributed by atoms with E-state index < -0.39 is 16.8 Å². The molecule has 0 amide bonds. The summed E-state index contributed by atoms with van der Waals surface area (Å²) in [5.74, 6) is -1.03. The molecule has 0 radical (unpaired) electrons. The molecule has 0 saturated carbocycles. The van der Waals surface area contributed by atoms with Gasteiger partial charge in [-0.3, -0.25) is 0 Å². The van der Waals surface area contributed by atoms with Crippen LogP contribution in [0.1, 0.15) is 15.9 Å². The third kappa shape index (κ3) is 1.27. The number of hydrogen-bond acceptors (Lipinski definition) is 3. The molecule has 1 aliphatic rings. The lowest BCUT2D eigenvalue weighted by atomic mass is 10.2. The Hall–Kier alpha value is -1.49. The zero-order valence-electron chi connectivity index (χ0n) is 6.43. The lowest BCUT2D eigenvalue weighted by Gasteiger charge is -1.97. The number of carboxylic acid groups (broad SMARTS) is 1. The van der Waals surface area contributed by atoms with Gasteiger partial charge in [0.1, 0.15) is 5.03 Å². The van der Waals surface area contributed by atoms with Crippen molar-refractivity contribution in [2.45, 2.75) is 5.03 Å². The van der Waals surface area contributed by atoms with Crippen LogP contribution in [0.5, 0.6) is 0 Å². The van der Waals surface area contributed by atoms with E-state index in [0.29, 0.717) is 10.6 Å². The minimum atomic E-state index is -1.20. The molecular weight excluding hydrogens is 190 g/mol. The number of pyridine rings is 1. The van der Waals surface area contributed by atoms with Crippen LogP contribution in [0, 0.1) is 0 Å². The molecule has 1 aliphatic heterocycles. The summed E-state index contributed by atoms with van der Waals surface area (Å²) in [6.45, 7) is 0. The van der Waals surface area contributed by atoms with E-state index in [4.69, 9.17) is 5.11 Å². The van der Waals surface area contributed by atoms with Gasteiger partial charge >= 0.3 is 5.97 Å². The van der Waals surface area contributed by atoms with Gasteiger partial charge in [-0.25, -0.2) is 14.0 Å². The summed E-state index contributed by atoms with van der Waals surface area (Å²) < 4.78 is 11.2. The minimum Gasteiger partial charge on any atom is -0.478 e. The highest BCUT2D eigenvalue weighted by Gasteiger charge is 2.15. The average Bonchev–Trinajstić information content (AvgIpc) is 2.47. The van der Waals surface area contributed by atoms with Gasteiger partial charge in [0.15, 0.2) is 0 Å². The fourth-order valence-electron chi connectivity index (χ4n) is 1.07. The predicted molar refractivity (Wildman–Crippen MR) is 46.6 cm³/mol. The standard InChI is InChI=1S/C8H5NO3S/c10-8(11)6-3-5-1-2-13(12)7(5)9-4-6/h1-4H,(H,10,11). The first-order chi connectivity index (χ1) is 6.18. The van der Waals surface area contributed by atoms with E-state index in [9.17, 15) is 9.00 Å². The normalized spacial score (nSPS) is 18.6. The van der Waals surface area contributed by atoms with Gasteiger partial charge in [0.05, 0.1) is 16.4 Å². The van der Waals surface area contributed by atoms with E-state index in [1.807, 2.05) is 0 Å². The number of carbonyl (C=O) groups is 1. The number of rotatable bonds is 1. The molecular formula is C8H5NO3S. The maximum atomic E-state index is 11.2. The van der Waals surface area contributed by atoms with Crippen molar-refractivity contribution in [3.05, 3.63) is 28.8 Å². The quantitative estimate of drug-likeness (QED) is 0.722. The molecule has 1 unspecified atom stereocenters. The highest BCUT2D eigenvalue weighted by molar-refractivity contribution is 7.88. The lowest BCUT2D eigenvalue weighted by molar-refractivity contribution is 0.0696. The maximum absolute atomic E-state index is 11.2. The van der Waals surface area contributed by atoms with Gasteiger partial charge in [0, 0.05) is 17.2 Å². The van der Waals surface area contributed by atoms with Crippen LogP contribution in [-0.2, 0) is 10.8 Å². The Balaban J connectivity index is 2.57. The molecule has 1 atom stereocenters. The van der Waals surface area contributed by atoms with E-state index >= 15 is 0 Å². The summed E-state index contributed by atoms with van der Waals surface area (Å²) in [6.07, 6.45) is 2.83. The van der Waals surface area contributed by atoms with Crippen LogP contribution in [0.4, 0.5) is 0 Å². The molecule has 0 saturated heterocycles. The molecule has 0 spiro atoms. The first kappa shape index (κ1) is 8.12. The third-order valence-electron chi connectivity index (χ3n) is 1.69. The molecule has 1 aromatic heterocycles. The summed E-state index contributed by atoms with van der Waals surface area (Å²) in [5.41, 5.74) is 0.737. The number of aromatic carboxylic acids is 1. The van der Waals surface area contributed by atoms with Crippen molar-refractivity contribution >= 4 is 22.8 Å². The van der Waals surface area contributed by atoms with Crippen LogP contribution in [0.25, 0.3) is 6.08 Å². The van der Waals surface area contributed by atoms with Crippen molar-refractivity contribution in [3.63, 3.8) is 0 Å². The van der Waals surface area contributed by atoms with Gasteiger partial charge in [-0.1, -0.05) is 0 Å². The number of hydrogen-bond donors (Lipinski definition) is 1. The first-order valence-electron chi connectivity index (χ1n) is 3.50.